The van der Waals surface area contributed by atoms with Crippen LogP contribution in [0.5, 0.6) is 0 Å². The summed E-state index contributed by atoms with van der Waals surface area (Å²) < 4.78 is 38.3. The molecule has 0 aliphatic heterocycles. The number of nitrogens with zero attached hydrogens (tertiary/aromatic N) is 1. The van der Waals surface area contributed by atoms with E-state index in [0.717, 1.165) is 23.3 Å². The largest absolute Gasteiger partial charge is 0.416 e. The van der Waals surface area contributed by atoms with Gasteiger partial charge in [-0.15, -0.1) is 0 Å². The highest BCUT2D eigenvalue weighted by Crippen LogP contribution is 2.29. The van der Waals surface area contributed by atoms with E-state index in [1.807, 2.05) is 0 Å². The Labute approximate surface area is 149 Å². The van der Waals surface area contributed by atoms with Crippen LogP contribution in [0.2, 0.25) is 0 Å². The molecule has 2 N–H and O–H groups in total. The van der Waals surface area contributed by atoms with E-state index in [9.17, 15) is 18.0 Å². The summed E-state index contributed by atoms with van der Waals surface area (Å²) in [5.74, 6) is -0.940. The highest BCUT2D eigenvalue weighted by molar-refractivity contribution is 5.98. The summed E-state index contributed by atoms with van der Waals surface area (Å²) in [4.78, 5) is 16.7. The molecule has 0 aliphatic carbocycles. The van der Waals surface area contributed by atoms with Crippen LogP contribution >= 0.6 is 0 Å². The lowest BCUT2D eigenvalue weighted by Crippen LogP contribution is -2.20. The number of primary amides is 1. The molecule has 1 atom stereocenters. The summed E-state index contributed by atoms with van der Waals surface area (Å²) in [6.45, 7) is 3.33. The summed E-state index contributed by atoms with van der Waals surface area (Å²) >= 11 is 0. The lowest BCUT2D eigenvalue weighted by Gasteiger charge is -2.13. The predicted octanol–water partition coefficient (Wildman–Crippen LogP) is 4.24. The van der Waals surface area contributed by atoms with Gasteiger partial charge in [-0.3, -0.25) is 4.79 Å². The van der Waals surface area contributed by atoms with Crippen molar-refractivity contribution in [2.24, 2.45) is 10.9 Å². The first kappa shape index (κ1) is 19.5. The van der Waals surface area contributed by atoms with Crippen molar-refractivity contribution in [3.63, 3.8) is 0 Å². The van der Waals surface area contributed by atoms with Crippen LogP contribution in [-0.2, 0) is 22.4 Å². The summed E-state index contributed by atoms with van der Waals surface area (Å²) in [6.07, 6.45) is -4.42. The van der Waals surface area contributed by atoms with Gasteiger partial charge in [0.15, 0.2) is 0 Å². The second kappa shape index (κ2) is 8.03. The number of alkyl halides is 3. The molecule has 0 heterocycles. The van der Waals surface area contributed by atoms with Gasteiger partial charge in [0.05, 0.1) is 17.2 Å². The molecule has 1 unspecified atom stereocenters. The van der Waals surface area contributed by atoms with E-state index in [0.29, 0.717) is 11.3 Å². The summed E-state index contributed by atoms with van der Waals surface area (Å²) in [5, 5.41) is 3.89. The van der Waals surface area contributed by atoms with Gasteiger partial charge in [-0.05, 0) is 42.7 Å². The van der Waals surface area contributed by atoms with Gasteiger partial charge in [-0.25, -0.2) is 0 Å². The molecule has 4 nitrogen and oxygen atoms in total. The molecule has 2 aromatic carbocycles. The molecule has 7 heteroatoms. The molecule has 1 amide bonds. The fourth-order valence-corrected chi connectivity index (χ4v) is 2.41. The van der Waals surface area contributed by atoms with Gasteiger partial charge in [-0.1, -0.05) is 41.6 Å². The molecule has 2 aromatic rings. The van der Waals surface area contributed by atoms with Crippen LogP contribution in [0.25, 0.3) is 0 Å². The van der Waals surface area contributed by atoms with Gasteiger partial charge in [-0.2, -0.15) is 13.2 Å². The predicted molar refractivity (Wildman–Crippen MR) is 92.5 cm³/mol. The summed E-state index contributed by atoms with van der Waals surface area (Å²) in [6, 6.07) is 12.0. The number of hydrogen-bond acceptors (Lipinski definition) is 3. The summed E-state index contributed by atoms with van der Waals surface area (Å²) in [5.41, 5.74) is 6.69. The van der Waals surface area contributed by atoms with Crippen molar-refractivity contribution in [3.05, 3.63) is 70.8 Å². The molecule has 0 fully saturated rings. The normalized spacial score (nSPS) is 13.3. The quantitative estimate of drug-likeness (QED) is 0.616. The van der Waals surface area contributed by atoms with Gasteiger partial charge >= 0.3 is 6.18 Å². The lowest BCUT2D eigenvalue weighted by atomic mass is 9.96. The van der Waals surface area contributed by atoms with Crippen LogP contribution in [0, 0.1) is 0 Å². The van der Waals surface area contributed by atoms with E-state index in [4.69, 9.17) is 10.6 Å². The Morgan fingerprint density at radius 1 is 1.19 bits per heavy atom. The average Bonchev–Trinajstić information content (AvgIpc) is 2.60. The Bertz CT molecular complexity index is 816. The Kier molecular flexibility index (Phi) is 6.02. The van der Waals surface area contributed by atoms with Crippen LogP contribution in [0.3, 0.4) is 0 Å². The van der Waals surface area contributed by atoms with Crippen molar-refractivity contribution >= 4 is 11.6 Å². The molecule has 2 rings (SSSR count). The van der Waals surface area contributed by atoms with Gasteiger partial charge in [0.1, 0.15) is 6.61 Å². The topological polar surface area (TPSA) is 64.7 Å². The van der Waals surface area contributed by atoms with Gasteiger partial charge in [0, 0.05) is 0 Å². The van der Waals surface area contributed by atoms with Crippen molar-refractivity contribution in [1.29, 1.82) is 0 Å². The Morgan fingerprint density at radius 3 is 2.54 bits per heavy atom. The third-order valence-corrected chi connectivity index (χ3v) is 3.98. The molecular weight excluding hydrogens is 345 g/mol. The minimum Gasteiger partial charge on any atom is -0.391 e. The van der Waals surface area contributed by atoms with Crippen LogP contribution in [-0.4, -0.2) is 11.6 Å². The molecular formula is C19H19F3N2O2. The Balaban J connectivity index is 2.13. The molecule has 0 spiro atoms. The van der Waals surface area contributed by atoms with Crippen molar-refractivity contribution in [3.8, 4) is 0 Å². The summed E-state index contributed by atoms with van der Waals surface area (Å²) in [7, 11) is 0. The number of benzene rings is 2. The first-order valence-electron chi connectivity index (χ1n) is 7.91. The number of carbonyl (C=O) groups excluding carboxylic acids is 1. The number of amides is 1. The minimum atomic E-state index is -4.42. The second-order valence-electron chi connectivity index (χ2n) is 5.85. The third-order valence-electron chi connectivity index (χ3n) is 3.98. The van der Waals surface area contributed by atoms with Crippen LogP contribution in [0.1, 0.15) is 42.0 Å². The fraction of sp³-hybridized carbons (Fsp3) is 0.263. The second-order valence-corrected chi connectivity index (χ2v) is 5.85. The van der Waals surface area contributed by atoms with Crippen molar-refractivity contribution in [2.45, 2.75) is 32.5 Å². The van der Waals surface area contributed by atoms with Crippen molar-refractivity contribution < 1.29 is 22.8 Å². The van der Waals surface area contributed by atoms with Crippen LogP contribution in [0.15, 0.2) is 53.7 Å². The number of nitrogens with two attached hydrogens (primary N) is 1. The molecule has 26 heavy (non-hydrogen) atoms. The van der Waals surface area contributed by atoms with E-state index >= 15 is 0 Å². The van der Waals surface area contributed by atoms with Crippen molar-refractivity contribution in [2.75, 3.05) is 0 Å². The Hall–Kier alpha value is -2.83. The SMILES string of the molecule is C/C(=N\OCc1ccccc1C(C)C(N)=O)c1cccc(C(F)(F)F)c1. The highest BCUT2D eigenvalue weighted by atomic mass is 19.4. The van der Waals surface area contributed by atoms with E-state index < -0.39 is 23.6 Å². The highest BCUT2D eigenvalue weighted by Gasteiger charge is 2.30. The smallest absolute Gasteiger partial charge is 0.391 e. The third kappa shape index (κ3) is 4.84. The number of carbonyl (C=O) groups is 1. The van der Waals surface area contributed by atoms with Gasteiger partial charge in [0.25, 0.3) is 0 Å². The maximum absolute atomic E-state index is 12.8. The molecule has 0 radical (unpaired) electrons. The van der Waals surface area contributed by atoms with Gasteiger partial charge in [0.2, 0.25) is 5.91 Å². The zero-order valence-electron chi connectivity index (χ0n) is 14.4. The van der Waals surface area contributed by atoms with Crippen LogP contribution in [0.4, 0.5) is 13.2 Å². The number of rotatable bonds is 6. The maximum Gasteiger partial charge on any atom is 0.416 e. The monoisotopic (exact) mass is 364 g/mol. The number of halogens is 3. The standard InChI is InChI=1S/C19H19F3N2O2/c1-12(18(23)25)17-9-4-3-6-15(17)11-26-24-13(2)14-7-5-8-16(10-14)19(20,21)22/h3-10,12H,11H2,1-2H3,(H2,23,25)/b24-13+. The van der Waals surface area contributed by atoms with Gasteiger partial charge < -0.3 is 10.6 Å². The van der Waals surface area contributed by atoms with E-state index in [-0.39, 0.29) is 6.61 Å². The molecule has 0 aromatic heterocycles. The zero-order chi connectivity index (χ0) is 19.3. The van der Waals surface area contributed by atoms with E-state index in [1.165, 1.54) is 12.1 Å². The first-order chi connectivity index (χ1) is 12.2. The zero-order valence-corrected chi connectivity index (χ0v) is 14.4. The Morgan fingerprint density at radius 2 is 1.88 bits per heavy atom. The lowest BCUT2D eigenvalue weighted by molar-refractivity contribution is -0.137. The fourth-order valence-electron chi connectivity index (χ4n) is 2.41. The first-order valence-corrected chi connectivity index (χ1v) is 7.91. The minimum absolute atomic E-state index is 0.0735. The maximum atomic E-state index is 12.8. The number of oxime groups is 1. The average molecular weight is 364 g/mol. The van der Waals surface area contributed by atoms with E-state index in [1.54, 1.807) is 38.1 Å². The van der Waals surface area contributed by atoms with E-state index in [2.05, 4.69) is 5.16 Å². The van der Waals surface area contributed by atoms with Crippen LogP contribution < -0.4 is 5.73 Å². The molecule has 0 bridgehead atoms. The molecule has 138 valence electrons. The van der Waals surface area contributed by atoms with Crippen molar-refractivity contribution in [1.82, 2.24) is 0 Å². The number of hydrogen-bond donors (Lipinski definition) is 1. The molecule has 0 saturated carbocycles. The molecule has 0 aliphatic rings. The molecule has 0 saturated heterocycles.